The number of carbonyl (C=O) groups is 2. The summed E-state index contributed by atoms with van der Waals surface area (Å²) in [7, 11) is 0. The van der Waals surface area contributed by atoms with Gasteiger partial charge in [0.1, 0.15) is 23.0 Å². The normalized spacial score (nSPS) is 14.9. The van der Waals surface area contributed by atoms with Gasteiger partial charge in [-0.05, 0) is 37.1 Å². The van der Waals surface area contributed by atoms with E-state index in [-0.39, 0.29) is 17.3 Å². The van der Waals surface area contributed by atoms with Crippen LogP contribution in [-0.4, -0.2) is 43.7 Å². The zero-order chi connectivity index (χ0) is 21.8. The third-order valence-corrected chi connectivity index (χ3v) is 5.04. The average molecular weight is 438 g/mol. The Morgan fingerprint density at radius 1 is 1.17 bits per heavy atom. The van der Waals surface area contributed by atoms with Crippen LogP contribution in [0.2, 0.25) is 0 Å². The molecule has 1 aromatic heterocycles. The third kappa shape index (κ3) is 4.78. The Labute approximate surface area is 173 Å². The first-order chi connectivity index (χ1) is 14.3. The standard InChI is InChI=1S/C18H19F2N5O4S/c1-11(26)22-15-7-4-12(10-21-15)18(27)23-17-13(19)5-6-14(16(17)20)25(30(28)29)24-8-2-3-9-24/h4-7,10H,2-3,8-9H2,1H3,(H,23,27)(H,28,29)(H,21,22,26)/p-1. The minimum atomic E-state index is -2.84. The lowest BCUT2D eigenvalue weighted by Gasteiger charge is -2.34. The molecule has 1 atom stereocenters. The second-order valence-electron chi connectivity index (χ2n) is 6.47. The van der Waals surface area contributed by atoms with Crippen molar-refractivity contribution in [1.29, 1.82) is 0 Å². The first-order valence-corrected chi connectivity index (χ1v) is 9.98. The van der Waals surface area contributed by atoms with Gasteiger partial charge in [0.25, 0.3) is 5.91 Å². The number of rotatable bonds is 6. The lowest BCUT2D eigenvalue weighted by atomic mass is 10.2. The second-order valence-corrected chi connectivity index (χ2v) is 7.25. The summed E-state index contributed by atoms with van der Waals surface area (Å²) in [6.07, 6.45) is 2.60. The van der Waals surface area contributed by atoms with Crippen LogP contribution in [0.1, 0.15) is 30.1 Å². The SMILES string of the molecule is CC(=O)Nc1ccc(C(=O)Nc2c(F)ccc(N(N3CCCC3)S(=O)[O-])c2F)cn1. The molecule has 2 aromatic rings. The highest BCUT2D eigenvalue weighted by Crippen LogP contribution is 2.31. The fraction of sp³-hybridized carbons (Fsp3) is 0.278. The highest BCUT2D eigenvalue weighted by molar-refractivity contribution is 7.80. The lowest BCUT2D eigenvalue weighted by Crippen LogP contribution is -2.42. The van der Waals surface area contributed by atoms with Gasteiger partial charge in [0, 0.05) is 26.2 Å². The molecule has 12 heteroatoms. The minimum Gasteiger partial charge on any atom is -0.754 e. The summed E-state index contributed by atoms with van der Waals surface area (Å²) >= 11 is -2.84. The number of nitrogens with one attached hydrogen (secondary N) is 2. The van der Waals surface area contributed by atoms with Crippen molar-refractivity contribution in [3.8, 4) is 0 Å². The molecule has 0 spiro atoms. The van der Waals surface area contributed by atoms with Crippen molar-refractivity contribution in [2.45, 2.75) is 19.8 Å². The number of hydrogen-bond acceptors (Lipinski definition) is 6. The van der Waals surface area contributed by atoms with E-state index in [0.717, 1.165) is 35.6 Å². The number of aromatic nitrogens is 1. The third-order valence-electron chi connectivity index (χ3n) is 4.33. The van der Waals surface area contributed by atoms with Crippen molar-refractivity contribution >= 4 is 40.3 Å². The predicted octanol–water partition coefficient (Wildman–Crippen LogP) is 2.18. The van der Waals surface area contributed by atoms with Crippen molar-refractivity contribution in [1.82, 2.24) is 9.99 Å². The Morgan fingerprint density at radius 2 is 1.87 bits per heavy atom. The van der Waals surface area contributed by atoms with E-state index in [1.807, 2.05) is 0 Å². The van der Waals surface area contributed by atoms with Gasteiger partial charge in [-0.25, -0.2) is 23.2 Å². The Kier molecular flexibility index (Phi) is 6.70. The smallest absolute Gasteiger partial charge is 0.257 e. The molecule has 1 aliphatic heterocycles. The van der Waals surface area contributed by atoms with Gasteiger partial charge in [-0.3, -0.25) is 13.8 Å². The number of anilines is 3. The Bertz CT molecular complexity index is 983. The number of carbonyl (C=O) groups excluding carboxylic acids is 2. The van der Waals surface area contributed by atoms with Gasteiger partial charge in [-0.1, -0.05) is 0 Å². The van der Waals surface area contributed by atoms with Crippen LogP contribution < -0.4 is 15.0 Å². The molecule has 1 unspecified atom stereocenters. The molecular weight excluding hydrogens is 420 g/mol. The van der Waals surface area contributed by atoms with Crippen molar-refractivity contribution in [2.75, 3.05) is 28.1 Å². The summed E-state index contributed by atoms with van der Waals surface area (Å²) in [5.74, 6) is -3.29. The van der Waals surface area contributed by atoms with Crippen LogP contribution in [0, 0.1) is 11.6 Å². The summed E-state index contributed by atoms with van der Waals surface area (Å²) in [5.41, 5.74) is -1.20. The molecule has 9 nitrogen and oxygen atoms in total. The van der Waals surface area contributed by atoms with Crippen LogP contribution in [0.4, 0.5) is 26.0 Å². The molecule has 160 valence electrons. The first kappa shape index (κ1) is 21.7. The van der Waals surface area contributed by atoms with Gasteiger partial charge < -0.3 is 15.2 Å². The van der Waals surface area contributed by atoms with Gasteiger partial charge in [0.15, 0.2) is 5.82 Å². The van der Waals surface area contributed by atoms with Crippen LogP contribution in [-0.2, 0) is 16.1 Å². The van der Waals surface area contributed by atoms with Crippen LogP contribution in [0.5, 0.6) is 0 Å². The first-order valence-electron chi connectivity index (χ1n) is 8.95. The highest BCUT2D eigenvalue weighted by atomic mass is 32.2. The molecule has 1 fully saturated rings. The van der Waals surface area contributed by atoms with Crippen molar-refractivity contribution in [2.24, 2.45) is 0 Å². The molecule has 2 amide bonds. The summed E-state index contributed by atoms with van der Waals surface area (Å²) in [4.78, 5) is 27.3. The fourth-order valence-corrected chi connectivity index (χ4v) is 3.63. The number of halogens is 2. The predicted molar refractivity (Wildman–Crippen MR) is 105 cm³/mol. The monoisotopic (exact) mass is 438 g/mol. The fourth-order valence-electron chi connectivity index (χ4n) is 2.98. The highest BCUT2D eigenvalue weighted by Gasteiger charge is 2.27. The number of hydrazine groups is 1. The maximum atomic E-state index is 15.0. The van der Waals surface area contributed by atoms with E-state index < -0.39 is 40.2 Å². The van der Waals surface area contributed by atoms with Crippen molar-refractivity contribution in [3.63, 3.8) is 0 Å². The maximum Gasteiger partial charge on any atom is 0.257 e. The Balaban J connectivity index is 1.87. The quantitative estimate of drug-likeness (QED) is 0.668. The molecule has 1 aromatic carbocycles. The number of benzene rings is 1. The van der Waals surface area contributed by atoms with E-state index in [1.165, 1.54) is 24.1 Å². The molecular formula is C18H18F2N5O4S-. The zero-order valence-electron chi connectivity index (χ0n) is 15.9. The Hall–Kier alpha value is -2.96. The van der Waals surface area contributed by atoms with Crippen molar-refractivity contribution < 1.29 is 27.1 Å². The largest absolute Gasteiger partial charge is 0.754 e. The van der Waals surface area contributed by atoms with E-state index in [4.69, 9.17) is 0 Å². The molecule has 1 saturated heterocycles. The molecule has 0 bridgehead atoms. The molecule has 0 aliphatic carbocycles. The Morgan fingerprint density at radius 3 is 2.43 bits per heavy atom. The summed E-state index contributed by atoms with van der Waals surface area (Å²) in [6.45, 7) is 2.10. The van der Waals surface area contributed by atoms with E-state index in [1.54, 1.807) is 0 Å². The molecule has 1 aliphatic rings. The molecule has 0 saturated carbocycles. The minimum absolute atomic E-state index is 0.0166. The number of nitrogens with zero attached hydrogens (tertiary/aromatic N) is 3. The van der Waals surface area contributed by atoms with Crippen molar-refractivity contribution in [3.05, 3.63) is 47.7 Å². The average Bonchev–Trinajstić information content (AvgIpc) is 3.21. The van der Waals surface area contributed by atoms with Crippen LogP contribution in [0.15, 0.2) is 30.5 Å². The van der Waals surface area contributed by atoms with Crippen LogP contribution in [0.3, 0.4) is 0 Å². The summed E-state index contributed by atoms with van der Waals surface area (Å²) in [5, 5.41) is 5.97. The number of amides is 2. The zero-order valence-corrected chi connectivity index (χ0v) is 16.7. The summed E-state index contributed by atoms with van der Waals surface area (Å²) in [6, 6.07) is 4.55. The van der Waals surface area contributed by atoms with E-state index in [9.17, 15) is 22.7 Å². The van der Waals surface area contributed by atoms with Crippen LogP contribution in [0.25, 0.3) is 0 Å². The van der Waals surface area contributed by atoms with E-state index in [0.29, 0.717) is 13.1 Å². The van der Waals surface area contributed by atoms with E-state index >= 15 is 4.39 Å². The van der Waals surface area contributed by atoms with E-state index in [2.05, 4.69) is 15.6 Å². The van der Waals surface area contributed by atoms with Gasteiger partial charge in [0.2, 0.25) is 5.91 Å². The van der Waals surface area contributed by atoms with Gasteiger partial charge in [0.05, 0.1) is 16.8 Å². The van der Waals surface area contributed by atoms with Gasteiger partial charge >= 0.3 is 0 Å². The number of hydrogen-bond donors (Lipinski definition) is 2. The summed E-state index contributed by atoms with van der Waals surface area (Å²) < 4.78 is 53.4. The number of pyridine rings is 1. The molecule has 2 N–H and O–H groups in total. The lowest BCUT2D eigenvalue weighted by molar-refractivity contribution is -0.114. The topological polar surface area (TPSA) is 118 Å². The second kappa shape index (κ2) is 9.24. The molecule has 2 heterocycles. The van der Waals surface area contributed by atoms with Crippen LogP contribution >= 0.6 is 0 Å². The molecule has 3 rings (SSSR count). The molecule has 0 radical (unpaired) electrons. The maximum absolute atomic E-state index is 15.0. The van der Waals surface area contributed by atoms with Gasteiger partial charge in [-0.2, -0.15) is 0 Å². The van der Waals surface area contributed by atoms with Gasteiger partial charge in [-0.15, -0.1) is 0 Å². The molecule has 30 heavy (non-hydrogen) atoms.